The number of ketones is 1. The van der Waals surface area contributed by atoms with Gasteiger partial charge >= 0.3 is 5.97 Å². The molecule has 0 aromatic carbocycles. The molecular weight excluding hydrogens is 163 g/mol. The summed E-state index contributed by atoms with van der Waals surface area (Å²) in [4.78, 5) is 21.3. The van der Waals surface area contributed by atoms with Gasteiger partial charge in [0.15, 0.2) is 0 Å². The highest BCUT2D eigenvalue weighted by atomic mass is 19.1. The van der Waals surface area contributed by atoms with Gasteiger partial charge < -0.3 is 5.11 Å². The zero-order valence-corrected chi connectivity index (χ0v) is 7.06. The Hall–Kier alpha value is -0.930. The number of carbonyl (C=O) groups excluding carboxylic acids is 1. The molecule has 0 unspecified atom stereocenters. The van der Waals surface area contributed by atoms with E-state index in [1.165, 1.54) is 13.8 Å². The van der Waals surface area contributed by atoms with Crippen LogP contribution in [-0.4, -0.2) is 22.5 Å². The van der Waals surface area contributed by atoms with E-state index in [0.29, 0.717) is 0 Å². The Morgan fingerprint density at radius 1 is 1.58 bits per heavy atom. The Morgan fingerprint density at radius 3 is 2.08 bits per heavy atom. The number of rotatable bonds is 2. The predicted molar refractivity (Wildman–Crippen MR) is 39.5 cm³/mol. The van der Waals surface area contributed by atoms with Crippen LogP contribution in [0.5, 0.6) is 0 Å². The van der Waals surface area contributed by atoms with Crippen molar-refractivity contribution >= 4 is 11.8 Å². The summed E-state index contributed by atoms with van der Waals surface area (Å²) in [6, 6.07) is 0. The number of alkyl halides is 1. The number of carboxylic acid groups (broad SMARTS) is 1. The average Bonchev–Trinajstić information content (AvgIpc) is 1.76. The predicted octanol–water partition coefficient (Wildman–Crippen LogP) is 1.17. The van der Waals surface area contributed by atoms with E-state index in [9.17, 15) is 14.0 Å². The van der Waals surface area contributed by atoms with E-state index in [-0.39, 0.29) is 18.6 Å². The fourth-order valence-corrected chi connectivity index (χ4v) is 1.45. The fourth-order valence-electron chi connectivity index (χ4n) is 1.45. The molecule has 0 radical (unpaired) electrons. The maximum Gasteiger partial charge on any atom is 0.313 e. The van der Waals surface area contributed by atoms with E-state index in [0.717, 1.165) is 0 Å². The van der Waals surface area contributed by atoms with Gasteiger partial charge in [-0.1, -0.05) is 0 Å². The van der Waals surface area contributed by atoms with Crippen LogP contribution in [0.15, 0.2) is 0 Å². The van der Waals surface area contributed by atoms with Crippen molar-refractivity contribution in [3.05, 3.63) is 0 Å². The van der Waals surface area contributed by atoms with Crippen molar-refractivity contribution in [1.29, 1.82) is 0 Å². The molecule has 0 bridgehead atoms. The molecule has 0 heterocycles. The minimum Gasteiger partial charge on any atom is -0.481 e. The van der Waals surface area contributed by atoms with E-state index < -0.39 is 17.1 Å². The molecule has 1 fully saturated rings. The van der Waals surface area contributed by atoms with Crippen LogP contribution in [0.3, 0.4) is 0 Å². The van der Waals surface area contributed by atoms with Gasteiger partial charge in [-0.3, -0.25) is 9.59 Å². The third-order valence-corrected chi connectivity index (χ3v) is 2.55. The van der Waals surface area contributed by atoms with E-state index in [4.69, 9.17) is 5.11 Å². The normalized spacial score (nSPS) is 21.8. The summed E-state index contributed by atoms with van der Waals surface area (Å²) < 4.78 is 13.4. The van der Waals surface area contributed by atoms with Crippen LogP contribution in [-0.2, 0) is 9.59 Å². The third-order valence-electron chi connectivity index (χ3n) is 2.55. The van der Waals surface area contributed by atoms with Crippen molar-refractivity contribution < 1.29 is 19.1 Å². The summed E-state index contributed by atoms with van der Waals surface area (Å²) in [5, 5.41) is 8.74. The lowest BCUT2D eigenvalue weighted by atomic mass is 9.60. The molecule has 0 amide bonds. The zero-order valence-electron chi connectivity index (χ0n) is 7.06. The van der Waals surface area contributed by atoms with Crippen molar-refractivity contribution in [2.75, 3.05) is 0 Å². The van der Waals surface area contributed by atoms with Crippen LogP contribution in [0.25, 0.3) is 0 Å². The first-order valence-electron chi connectivity index (χ1n) is 3.74. The van der Waals surface area contributed by atoms with E-state index >= 15 is 0 Å². The van der Waals surface area contributed by atoms with Gasteiger partial charge in [0.05, 0.1) is 0 Å². The zero-order chi connectivity index (χ0) is 9.57. The Bertz CT molecular complexity index is 231. The van der Waals surface area contributed by atoms with E-state index in [1.54, 1.807) is 0 Å². The third kappa shape index (κ3) is 1.02. The monoisotopic (exact) mass is 174 g/mol. The van der Waals surface area contributed by atoms with Gasteiger partial charge in [-0.15, -0.1) is 0 Å². The molecule has 1 saturated carbocycles. The number of aliphatic carboxylic acids is 1. The van der Waals surface area contributed by atoms with Gasteiger partial charge in [-0.05, 0) is 13.8 Å². The fraction of sp³-hybridized carbons (Fsp3) is 0.750. The quantitative estimate of drug-likeness (QED) is 0.683. The minimum absolute atomic E-state index is 0.175. The average molecular weight is 174 g/mol. The standard InChI is InChI=1S/C8H11FO3/c1-7(2,9)8(6(11)12)3-5(10)4-8/h3-4H2,1-2H3,(H,11,12). The summed E-state index contributed by atoms with van der Waals surface area (Å²) in [5.74, 6) is -1.39. The first kappa shape index (κ1) is 9.16. The number of carbonyl (C=O) groups is 2. The van der Waals surface area contributed by atoms with E-state index in [1.807, 2.05) is 0 Å². The highest BCUT2D eigenvalue weighted by Crippen LogP contribution is 2.49. The molecule has 0 spiro atoms. The molecule has 0 aromatic heterocycles. The molecule has 0 aliphatic heterocycles. The Balaban J connectivity index is 2.92. The van der Waals surface area contributed by atoms with Gasteiger partial charge in [0.25, 0.3) is 0 Å². The molecule has 68 valence electrons. The smallest absolute Gasteiger partial charge is 0.313 e. The molecule has 1 rings (SSSR count). The Labute approximate surface area is 69.6 Å². The summed E-state index contributed by atoms with van der Waals surface area (Å²) in [6.07, 6.45) is -0.350. The van der Waals surface area contributed by atoms with Gasteiger partial charge in [-0.2, -0.15) is 0 Å². The maximum atomic E-state index is 13.4. The number of Topliss-reactive ketones (excluding diaryl/α,β-unsaturated/α-hetero) is 1. The van der Waals surface area contributed by atoms with Gasteiger partial charge in [0.2, 0.25) is 0 Å². The second-order valence-corrected chi connectivity index (χ2v) is 3.75. The number of hydrogen-bond acceptors (Lipinski definition) is 2. The highest BCUT2D eigenvalue weighted by Gasteiger charge is 2.60. The molecular formula is C8H11FO3. The van der Waals surface area contributed by atoms with Crippen molar-refractivity contribution in [3.8, 4) is 0 Å². The van der Waals surface area contributed by atoms with Gasteiger partial charge in [0, 0.05) is 12.8 Å². The van der Waals surface area contributed by atoms with E-state index in [2.05, 4.69) is 0 Å². The summed E-state index contributed by atoms with van der Waals surface area (Å²) in [6.45, 7) is 2.40. The first-order valence-corrected chi connectivity index (χ1v) is 3.74. The second-order valence-electron chi connectivity index (χ2n) is 3.75. The summed E-state index contributed by atoms with van der Waals surface area (Å²) in [7, 11) is 0. The largest absolute Gasteiger partial charge is 0.481 e. The molecule has 4 heteroatoms. The highest BCUT2D eigenvalue weighted by molar-refractivity contribution is 5.97. The van der Waals surface area contributed by atoms with Crippen molar-refractivity contribution in [2.24, 2.45) is 5.41 Å². The minimum atomic E-state index is -1.83. The molecule has 0 atom stereocenters. The Kier molecular flexibility index (Phi) is 1.74. The lowest BCUT2D eigenvalue weighted by Crippen LogP contribution is -2.55. The van der Waals surface area contributed by atoms with Crippen molar-refractivity contribution in [1.82, 2.24) is 0 Å². The topological polar surface area (TPSA) is 54.4 Å². The second kappa shape index (κ2) is 2.28. The number of carboxylic acids is 1. The molecule has 3 nitrogen and oxygen atoms in total. The lowest BCUT2D eigenvalue weighted by molar-refractivity contribution is -0.173. The molecule has 1 N–H and O–H groups in total. The summed E-state index contributed by atoms with van der Waals surface area (Å²) in [5.41, 5.74) is -3.29. The first-order chi connectivity index (χ1) is 5.29. The SMILES string of the molecule is CC(C)(F)C1(C(=O)O)CC(=O)C1. The van der Waals surface area contributed by atoms with Crippen molar-refractivity contribution in [2.45, 2.75) is 32.4 Å². The van der Waals surface area contributed by atoms with Crippen LogP contribution in [0, 0.1) is 5.41 Å². The molecule has 0 saturated heterocycles. The van der Waals surface area contributed by atoms with Crippen LogP contribution in [0.2, 0.25) is 0 Å². The Morgan fingerprint density at radius 2 is 2.00 bits per heavy atom. The lowest BCUT2D eigenvalue weighted by Gasteiger charge is -2.43. The van der Waals surface area contributed by atoms with Crippen LogP contribution in [0.1, 0.15) is 26.7 Å². The maximum absolute atomic E-state index is 13.4. The molecule has 1 aliphatic carbocycles. The van der Waals surface area contributed by atoms with Gasteiger partial charge in [-0.25, -0.2) is 4.39 Å². The molecule has 0 aromatic rings. The number of halogens is 1. The van der Waals surface area contributed by atoms with Gasteiger partial charge in [0.1, 0.15) is 16.9 Å². The molecule has 12 heavy (non-hydrogen) atoms. The van der Waals surface area contributed by atoms with Crippen molar-refractivity contribution in [3.63, 3.8) is 0 Å². The van der Waals surface area contributed by atoms with Crippen LogP contribution >= 0.6 is 0 Å². The van der Waals surface area contributed by atoms with Crippen LogP contribution < -0.4 is 0 Å². The summed E-state index contributed by atoms with van der Waals surface area (Å²) >= 11 is 0. The number of hydrogen-bond donors (Lipinski definition) is 1. The molecule has 1 aliphatic rings. The van der Waals surface area contributed by atoms with Crippen LogP contribution in [0.4, 0.5) is 4.39 Å².